The fraction of sp³-hybridized carbons (Fsp3) is 0.500. The first kappa shape index (κ1) is 10.2. The Morgan fingerprint density at radius 3 is 2.36 bits per heavy atom. The topological polar surface area (TPSA) is 12.4 Å². The summed E-state index contributed by atoms with van der Waals surface area (Å²) in [6, 6.07) is 0. The van der Waals surface area contributed by atoms with Crippen LogP contribution in [0.3, 0.4) is 0 Å². The minimum atomic E-state index is 0.503. The molecule has 62 valence electrons. The SMILES string of the molecule is C=N/C=C(/CC)C(=C)C(C)C. The first-order valence-electron chi connectivity index (χ1n) is 3.97. The second-order valence-electron chi connectivity index (χ2n) is 2.87. The van der Waals surface area contributed by atoms with E-state index in [0.29, 0.717) is 5.92 Å². The highest BCUT2D eigenvalue weighted by Gasteiger charge is 2.03. The molecule has 0 radical (unpaired) electrons. The van der Waals surface area contributed by atoms with Crippen LogP contribution in [-0.4, -0.2) is 6.72 Å². The third-order valence-electron chi connectivity index (χ3n) is 1.74. The molecule has 0 spiro atoms. The normalized spacial score (nSPS) is 11.8. The quantitative estimate of drug-likeness (QED) is 0.432. The molecule has 0 rings (SSSR count). The molecular weight excluding hydrogens is 134 g/mol. The van der Waals surface area contributed by atoms with E-state index in [9.17, 15) is 0 Å². The van der Waals surface area contributed by atoms with Crippen LogP contribution in [0.15, 0.2) is 28.9 Å². The van der Waals surface area contributed by atoms with Crippen molar-refractivity contribution in [3.8, 4) is 0 Å². The van der Waals surface area contributed by atoms with E-state index < -0.39 is 0 Å². The van der Waals surface area contributed by atoms with Crippen molar-refractivity contribution in [1.82, 2.24) is 0 Å². The number of nitrogens with zero attached hydrogens (tertiary/aromatic N) is 1. The van der Waals surface area contributed by atoms with Crippen LogP contribution in [0.1, 0.15) is 27.2 Å². The zero-order valence-corrected chi connectivity index (χ0v) is 7.72. The van der Waals surface area contributed by atoms with Crippen molar-refractivity contribution in [2.24, 2.45) is 10.9 Å². The van der Waals surface area contributed by atoms with Crippen LogP contribution >= 0.6 is 0 Å². The van der Waals surface area contributed by atoms with E-state index in [0.717, 1.165) is 6.42 Å². The number of allylic oxidation sites excluding steroid dienone is 2. The van der Waals surface area contributed by atoms with E-state index >= 15 is 0 Å². The predicted octanol–water partition coefficient (Wildman–Crippen LogP) is 3.19. The number of rotatable bonds is 4. The van der Waals surface area contributed by atoms with Gasteiger partial charge in [0.2, 0.25) is 0 Å². The lowest BCUT2D eigenvalue weighted by Crippen LogP contribution is -1.95. The van der Waals surface area contributed by atoms with E-state index in [4.69, 9.17) is 0 Å². The van der Waals surface area contributed by atoms with Crippen molar-refractivity contribution < 1.29 is 0 Å². The zero-order chi connectivity index (χ0) is 8.85. The molecule has 0 atom stereocenters. The van der Waals surface area contributed by atoms with Gasteiger partial charge < -0.3 is 0 Å². The fourth-order valence-corrected chi connectivity index (χ4v) is 0.882. The predicted molar refractivity (Wildman–Crippen MR) is 51.9 cm³/mol. The van der Waals surface area contributed by atoms with Crippen molar-refractivity contribution >= 4 is 6.72 Å². The molecule has 0 fully saturated rings. The highest BCUT2D eigenvalue weighted by Crippen LogP contribution is 2.19. The van der Waals surface area contributed by atoms with E-state index in [2.05, 4.69) is 39.1 Å². The summed E-state index contributed by atoms with van der Waals surface area (Å²) in [5.41, 5.74) is 2.37. The molecule has 0 aliphatic carbocycles. The van der Waals surface area contributed by atoms with Gasteiger partial charge in [0.05, 0.1) is 0 Å². The first-order valence-corrected chi connectivity index (χ1v) is 3.97. The molecule has 1 nitrogen and oxygen atoms in total. The zero-order valence-electron chi connectivity index (χ0n) is 7.72. The molecule has 0 N–H and O–H groups in total. The second-order valence-corrected chi connectivity index (χ2v) is 2.87. The maximum atomic E-state index is 3.99. The molecule has 0 aliphatic rings. The van der Waals surface area contributed by atoms with Crippen LogP contribution < -0.4 is 0 Å². The minimum Gasteiger partial charge on any atom is -0.272 e. The molecular formula is C10H17N. The summed E-state index contributed by atoms with van der Waals surface area (Å²) in [6.45, 7) is 13.8. The van der Waals surface area contributed by atoms with Gasteiger partial charge in [0.1, 0.15) is 0 Å². The van der Waals surface area contributed by atoms with Crippen molar-refractivity contribution in [3.63, 3.8) is 0 Å². The van der Waals surface area contributed by atoms with Gasteiger partial charge in [-0.15, -0.1) is 0 Å². The maximum absolute atomic E-state index is 3.99. The molecule has 11 heavy (non-hydrogen) atoms. The molecule has 0 saturated carbocycles. The third kappa shape index (κ3) is 3.17. The summed E-state index contributed by atoms with van der Waals surface area (Å²) >= 11 is 0. The summed E-state index contributed by atoms with van der Waals surface area (Å²) in [7, 11) is 0. The largest absolute Gasteiger partial charge is 0.272 e. The van der Waals surface area contributed by atoms with Crippen molar-refractivity contribution in [3.05, 3.63) is 23.9 Å². The van der Waals surface area contributed by atoms with Crippen LogP contribution in [0.4, 0.5) is 0 Å². The monoisotopic (exact) mass is 151 g/mol. The molecule has 0 bridgehead atoms. The smallest absolute Gasteiger partial charge is 0.0295 e. The van der Waals surface area contributed by atoms with Gasteiger partial charge in [-0.25, -0.2) is 0 Å². The fourth-order valence-electron chi connectivity index (χ4n) is 0.882. The Labute approximate surface area is 69.5 Å². The van der Waals surface area contributed by atoms with Crippen molar-refractivity contribution in [2.45, 2.75) is 27.2 Å². The highest BCUT2D eigenvalue weighted by molar-refractivity contribution is 5.33. The van der Waals surface area contributed by atoms with Crippen molar-refractivity contribution in [1.29, 1.82) is 0 Å². The maximum Gasteiger partial charge on any atom is 0.0295 e. The van der Waals surface area contributed by atoms with E-state index in [-0.39, 0.29) is 0 Å². The van der Waals surface area contributed by atoms with Gasteiger partial charge in [0, 0.05) is 6.20 Å². The molecule has 0 aromatic heterocycles. The standard InChI is InChI=1S/C10H17N/c1-6-10(7-11-5)9(4)8(2)3/h7-8H,4-6H2,1-3H3/b10-7-. The molecule has 0 aromatic carbocycles. The summed E-state index contributed by atoms with van der Waals surface area (Å²) in [4.78, 5) is 3.74. The van der Waals surface area contributed by atoms with Crippen LogP contribution in [0, 0.1) is 5.92 Å². The lowest BCUT2D eigenvalue weighted by molar-refractivity contribution is 0.769. The molecule has 0 aromatic rings. The summed E-state index contributed by atoms with van der Waals surface area (Å²) in [5, 5.41) is 0. The lowest BCUT2D eigenvalue weighted by atomic mass is 9.96. The van der Waals surface area contributed by atoms with Gasteiger partial charge >= 0.3 is 0 Å². The summed E-state index contributed by atoms with van der Waals surface area (Å²) in [5.74, 6) is 0.503. The van der Waals surface area contributed by atoms with Gasteiger partial charge in [0.15, 0.2) is 0 Å². The average molecular weight is 151 g/mol. The Hall–Kier alpha value is -0.850. The molecule has 0 heterocycles. The van der Waals surface area contributed by atoms with Gasteiger partial charge in [-0.1, -0.05) is 27.4 Å². The van der Waals surface area contributed by atoms with E-state index in [1.807, 2.05) is 0 Å². The van der Waals surface area contributed by atoms with Crippen LogP contribution in [0.5, 0.6) is 0 Å². The summed E-state index contributed by atoms with van der Waals surface area (Å²) in [6.07, 6.45) is 2.78. The van der Waals surface area contributed by atoms with Gasteiger partial charge in [-0.2, -0.15) is 0 Å². The van der Waals surface area contributed by atoms with Gasteiger partial charge in [-0.05, 0) is 30.2 Å². The van der Waals surface area contributed by atoms with Gasteiger partial charge in [0.25, 0.3) is 0 Å². The average Bonchev–Trinajstić information content (AvgIpc) is 1.98. The Morgan fingerprint density at radius 1 is 1.55 bits per heavy atom. The Morgan fingerprint density at radius 2 is 2.09 bits per heavy atom. The van der Waals surface area contributed by atoms with E-state index in [1.54, 1.807) is 6.20 Å². The Balaban J connectivity index is 4.38. The number of hydrogen-bond acceptors (Lipinski definition) is 1. The Bertz CT molecular complexity index is 175. The molecule has 0 amide bonds. The minimum absolute atomic E-state index is 0.503. The van der Waals surface area contributed by atoms with E-state index in [1.165, 1.54) is 11.1 Å². The van der Waals surface area contributed by atoms with Crippen LogP contribution in [0.2, 0.25) is 0 Å². The molecule has 0 unspecified atom stereocenters. The number of hydrogen-bond donors (Lipinski definition) is 0. The lowest BCUT2D eigenvalue weighted by Gasteiger charge is -2.10. The number of aliphatic imine (C=N–C) groups is 1. The van der Waals surface area contributed by atoms with Crippen LogP contribution in [-0.2, 0) is 0 Å². The van der Waals surface area contributed by atoms with Crippen LogP contribution in [0.25, 0.3) is 0 Å². The second kappa shape index (κ2) is 4.89. The molecule has 0 saturated heterocycles. The first-order chi connectivity index (χ1) is 5.13. The molecule has 0 aliphatic heterocycles. The summed E-state index contributed by atoms with van der Waals surface area (Å²) < 4.78 is 0. The third-order valence-corrected chi connectivity index (χ3v) is 1.74. The van der Waals surface area contributed by atoms with Crippen molar-refractivity contribution in [2.75, 3.05) is 0 Å². The molecule has 1 heteroatoms. The Kier molecular flexibility index (Phi) is 4.51. The highest BCUT2D eigenvalue weighted by atomic mass is 14.6. The van der Waals surface area contributed by atoms with Gasteiger partial charge in [-0.3, -0.25) is 4.99 Å².